The van der Waals surface area contributed by atoms with Gasteiger partial charge in [0.05, 0.1) is 95.8 Å². The van der Waals surface area contributed by atoms with Crippen molar-refractivity contribution >= 4 is 22.8 Å². The molecule has 0 saturated carbocycles. The van der Waals surface area contributed by atoms with Crippen molar-refractivity contribution < 1.29 is 57.5 Å². The fourth-order valence-corrected chi connectivity index (χ4v) is 7.57. The molecule has 0 aliphatic heterocycles. The molecule has 320 valence electrons. The first-order valence-corrected chi connectivity index (χ1v) is 18.3. The number of Topliss-reactive ketones (excluding diaryl/α,β-unsaturated/α-hetero) is 1. The molecule has 0 fully saturated rings. The summed E-state index contributed by atoms with van der Waals surface area (Å²) in [5.74, 6) is -1.82. The predicted octanol–water partition coefficient (Wildman–Crippen LogP) is 8.07. The number of hydrogen-bond donors (Lipinski definition) is 0. The SMILES string of the molecule is COc1cc(CC(CC(C(=O)c2ccccc2)c2cc(OC)c(OC)cc2[N+](=O)[O-])(c2cc(OC)c(OC)cc2[N+](=O)[O-])c2cc(OC)c(OC)cc2[N+](=O)[O-])cc(OC)c1. The molecule has 0 bridgehead atoms. The maximum atomic E-state index is 15.3. The minimum absolute atomic E-state index is 0.0122. The molecule has 18 heteroatoms. The van der Waals surface area contributed by atoms with E-state index in [1.54, 1.807) is 36.4 Å². The Hall–Kier alpha value is -7.63. The number of carbonyl (C=O) groups is 1. The van der Waals surface area contributed by atoms with E-state index in [2.05, 4.69) is 0 Å². The first kappa shape index (κ1) is 44.5. The molecule has 0 amide bonds. The molecular weight excluding hydrogens is 798 g/mol. The van der Waals surface area contributed by atoms with Gasteiger partial charge in [0.1, 0.15) is 11.5 Å². The second-order valence-electron chi connectivity index (χ2n) is 13.5. The topological polar surface area (TPSA) is 220 Å². The summed E-state index contributed by atoms with van der Waals surface area (Å²) in [5.41, 5.74) is -3.95. The van der Waals surface area contributed by atoms with Crippen LogP contribution in [0, 0.1) is 30.3 Å². The van der Waals surface area contributed by atoms with Gasteiger partial charge >= 0.3 is 0 Å². The van der Waals surface area contributed by atoms with Gasteiger partial charge < -0.3 is 37.9 Å². The van der Waals surface area contributed by atoms with Gasteiger partial charge in [0.2, 0.25) is 0 Å². The number of methoxy groups -OCH3 is 8. The Morgan fingerprint density at radius 1 is 0.525 bits per heavy atom. The van der Waals surface area contributed by atoms with Crippen molar-refractivity contribution in [2.75, 3.05) is 56.9 Å². The molecule has 5 aromatic rings. The molecular formula is C43H43N3O15. The molecule has 0 saturated heterocycles. The molecule has 0 aliphatic carbocycles. The zero-order valence-electron chi connectivity index (χ0n) is 34.5. The number of nitrogens with zero attached hydrogens (tertiary/aromatic N) is 3. The van der Waals surface area contributed by atoms with Gasteiger partial charge in [0, 0.05) is 33.7 Å². The normalized spacial score (nSPS) is 11.5. The van der Waals surface area contributed by atoms with Crippen LogP contribution in [0.15, 0.2) is 84.9 Å². The van der Waals surface area contributed by atoms with E-state index in [9.17, 15) is 30.3 Å². The van der Waals surface area contributed by atoms with Crippen LogP contribution in [0.4, 0.5) is 17.1 Å². The third-order valence-corrected chi connectivity index (χ3v) is 10.4. The third kappa shape index (κ3) is 8.87. The number of rotatable bonds is 20. The number of nitro groups is 3. The highest BCUT2D eigenvalue weighted by Crippen LogP contribution is 2.55. The molecule has 18 nitrogen and oxygen atoms in total. The molecule has 0 aliphatic rings. The van der Waals surface area contributed by atoms with Crippen LogP contribution in [0.3, 0.4) is 0 Å². The lowest BCUT2D eigenvalue weighted by molar-refractivity contribution is -0.387. The van der Waals surface area contributed by atoms with Gasteiger partial charge in [-0.25, -0.2) is 0 Å². The van der Waals surface area contributed by atoms with Crippen molar-refractivity contribution in [3.05, 3.63) is 143 Å². The zero-order chi connectivity index (χ0) is 44.6. The minimum Gasteiger partial charge on any atom is -0.497 e. The molecule has 0 aromatic heterocycles. The fraction of sp³-hybridized carbons (Fsp3) is 0.279. The monoisotopic (exact) mass is 841 g/mol. The largest absolute Gasteiger partial charge is 0.497 e. The first-order valence-electron chi connectivity index (χ1n) is 18.3. The quantitative estimate of drug-likeness (QED) is 0.0411. The van der Waals surface area contributed by atoms with E-state index in [1.807, 2.05) is 0 Å². The van der Waals surface area contributed by atoms with E-state index in [4.69, 9.17) is 37.9 Å². The van der Waals surface area contributed by atoms with Gasteiger partial charge in [-0.1, -0.05) is 30.3 Å². The van der Waals surface area contributed by atoms with Gasteiger partial charge in [-0.2, -0.15) is 0 Å². The van der Waals surface area contributed by atoms with Gasteiger partial charge in [-0.05, 0) is 48.7 Å². The molecule has 1 atom stereocenters. The molecule has 5 aromatic carbocycles. The van der Waals surface area contributed by atoms with Gasteiger partial charge in [0.25, 0.3) is 17.1 Å². The summed E-state index contributed by atoms with van der Waals surface area (Å²) in [5, 5.41) is 39.8. The summed E-state index contributed by atoms with van der Waals surface area (Å²) in [6.07, 6.45) is -0.976. The molecule has 0 radical (unpaired) electrons. The van der Waals surface area contributed by atoms with Gasteiger partial charge in [-0.15, -0.1) is 0 Å². The van der Waals surface area contributed by atoms with Crippen LogP contribution in [0.5, 0.6) is 46.0 Å². The van der Waals surface area contributed by atoms with Crippen molar-refractivity contribution in [2.45, 2.75) is 24.2 Å². The molecule has 1 unspecified atom stereocenters. The summed E-state index contributed by atoms with van der Waals surface area (Å²) in [6, 6.07) is 19.9. The maximum Gasteiger partial charge on any atom is 0.277 e. The number of ketones is 1. The van der Waals surface area contributed by atoms with Crippen LogP contribution in [0.2, 0.25) is 0 Å². The summed E-state index contributed by atoms with van der Waals surface area (Å²) >= 11 is 0. The van der Waals surface area contributed by atoms with Crippen molar-refractivity contribution in [3.63, 3.8) is 0 Å². The average molecular weight is 842 g/mol. The van der Waals surface area contributed by atoms with E-state index >= 15 is 4.79 Å². The Labute approximate surface area is 349 Å². The van der Waals surface area contributed by atoms with Crippen LogP contribution in [-0.4, -0.2) is 77.4 Å². The van der Waals surface area contributed by atoms with Crippen molar-refractivity contribution in [3.8, 4) is 46.0 Å². The first-order chi connectivity index (χ1) is 29.2. The second-order valence-corrected chi connectivity index (χ2v) is 13.5. The van der Waals surface area contributed by atoms with Crippen molar-refractivity contribution in [1.29, 1.82) is 0 Å². The Balaban J connectivity index is 2.12. The Morgan fingerprint density at radius 2 is 0.918 bits per heavy atom. The lowest BCUT2D eigenvalue weighted by atomic mass is 9.62. The molecule has 5 rings (SSSR count). The number of ether oxygens (including phenoxy) is 8. The average Bonchev–Trinajstić information content (AvgIpc) is 3.28. The maximum absolute atomic E-state index is 15.3. The third-order valence-electron chi connectivity index (χ3n) is 10.4. The van der Waals surface area contributed by atoms with Crippen molar-refractivity contribution in [2.24, 2.45) is 0 Å². The van der Waals surface area contributed by atoms with E-state index in [0.717, 1.165) is 18.2 Å². The zero-order valence-corrected chi connectivity index (χ0v) is 34.5. The van der Waals surface area contributed by atoms with Crippen molar-refractivity contribution in [1.82, 2.24) is 0 Å². The smallest absolute Gasteiger partial charge is 0.277 e. The van der Waals surface area contributed by atoms with Crippen LogP contribution in [0.25, 0.3) is 0 Å². The Bertz CT molecular complexity index is 2360. The molecule has 0 spiro atoms. The molecule has 61 heavy (non-hydrogen) atoms. The number of hydrogen-bond acceptors (Lipinski definition) is 15. The van der Waals surface area contributed by atoms with Gasteiger partial charge in [0.15, 0.2) is 40.3 Å². The number of nitro benzene ring substituents is 3. The van der Waals surface area contributed by atoms with Crippen LogP contribution in [-0.2, 0) is 11.8 Å². The standard InChI is InChI=1S/C43H43N3O15/c1-54-27-14-25(15-28(16-27)55-2)23-43(31-18-37(57-4)40(60-7)21-34(31)45(50)51,32-19-38(58-5)41(61-8)22-35(32)46(52)53)24-30(42(47)26-12-10-9-11-13-26)29-17-36(56-3)39(59-6)20-33(29)44(48)49/h9-22,30H,23-24H2,1-8H3. The fourth-order valence-electron chi connectivity index (χ4n) is 7.57. The summed E-state index contributed by atoms with van der Waals surface area (Å²) in [7, 11) is 10.6. The molecule has 0 N–H and O–H groups in total. The molecule has 0 heterocycles. The van der Waals surface area contributed by atoms with E-state index < -0.39 is 55.4 Å². The minimum atomic E-state index is -2.10. The highest BCUT2D eigenvalue weighted by atomic mass is 16.6. The van der Waals surface area contributed by atoms with Crippen LogP contribution < -0.4 is 37.9 Å². The van der Waals surface area contributed by atoms with Crippen LogP contribution in [0.1, 0.15) is 45.0 Å². The highest BCUT2D eigenvalue weighted by Gasteiger charge is 2.49. The lowest BCUT2D eigenvalue weighted by Gasteiger charge is -2.38. The lowest BCUT2D eigenvalue weighted by Crippen LogP contribution is -2.36. The van der Waals surface area contributed by atoms with E-state index in [1.165, 1.54) is 87.2 Å². The predicted molar refractivity (Wildman–Crippen MR) is 221 cm³/mol. The Kier molecular flexibility index (Phi) is 13.8. The second kappa shape index (κ2) is 19.0. The van der Waals surface area contributed by atoms with Gasteiger partial charge in [-0.3, -0.25) is 35.1 Å². The Morgan fingerprint density at radius 3 is 1.31 bits per heavy atom. The highest BCUT2D eigenvalue weighted by molar-refractivity contribution is 6.02. The summed E-state index contributed by atoms with van der Waals surface area (Å²) in [4.78, 5) is 52.9. The van der Waals surface area contributed by atoms with E-state index in [0.29, 0.717) is 17.1 Å². The number of carbonyl (C=O) groups excluding carboxylic acids is 1. The van der Waals surface area contributed by atoms with Crippen LogP contribution >= 0.6 is 0 Å². The summed E-state index contributed by atoms with van der Waals surface area (Å²) < 4.78 is 44.5. The summed E-state index contributed by atoms with van der Waals surface area (Å²) in [6.45, 7) is 0. The number of benzene rings is 5. The van der Waals surface area contributed by atoms with E-state index in [-0.39, 0.29) is 63.2 Å².